The van der Waals surface area contributed by atoms with E-state index < -0.39 is 18.8 Å². The number of hydrogen-bond donors (Lipinski definition) is 1. The summed E-state index contributed by atoms with van der Waals surface area (Å²) in [7, 11) is 1.67. The molecule has 0 aliphatic rings. The van der Waals surface area contributed by atoms with Crippen LogP contribution in [0.2, 0.25) is 0 Å². The number of amides is 1. The first-order chi connectivity index (χ1) is 7.78. The van der Waals surface area contributed by atoms with Gasteiger partial charge >= 0.3 is 6.18 Å². The van der Waals surface area contributed by atoms with Crippen molar-refractivity contribution in [1.82, 2.24) is 10.2 Å². The van der Waals surface area contributed by atoms with Gasteiger partial charge in [-0.3, -0.25) is 4.79 Å². The van der Waals surface area contributed by atoms with E-state index in [-0.39, 0.29) is 19.1 Å². The summed E-state index contributed by atoms with van der Waals surface area (Å²) in [5, 5.41) is 2.80. The molecule has 0 aliphatic heterocycles. The summed E-state index contributed by atoms with van der Waals surface area (Å²) in [6, 6.07) is -0.422. The van der Waals surface area contributed by atoms with Crippen LogP contribution in [0, 0.1) is 0 Å². The van der Waals surface area contributed by atoms with Crippen LogP contribution in [0.4, 0.5) is 13.2 Å². The molecule has 0 aromatic carbocycles. The number of carbonyl (C=O) groups is 1. The third-order valence-electron chi connectivity index (χ3n) is 2.18. The molecule has 1 amide bonds. The SMILES string of the molecule is CCN(C)C(=O)C(C)NCCOCC(F)(F)F. The highest BCUT2D eigenvalue weighted by molar-refractivity contribution is 5.81. The van der Waals surface area contributed by atoms with E-state index in [1.807, 2.05) is 6.92 Å². The lowest BCUT2D eigenvalue weighted by molar-refractivity contribution is -0.173. The maximum absolute atomic E-state index is 11.7. The average Bonchev–Trinajstić information content (AvgIpc) is 2.24. The second kappa shape index (κ2) is 7.50. The zero-order chi connectivity index (χ0) is 13.5. The Labute approximate surface area is 99.1 Å². The number of alkyl halides is 3. The number of likely N-dealkylation sites (N-methyl/N-ethyl adjacent to an activating group) is 1. The summed E-state index contributed by atoms with van der Waals surface area (Å²) >= 11 is 0. The van der Waals surface area contributed by atoms with E-state index in [0.717, 1.165) is 0 Å². The minimum Gasteiger partial charge on any atom is -0.371 e. The molecule has 0 aliphatic carbocycles. The molecule has 0 aromatic heterocycles. The van der Waals surface area contributed by atoms with E-state index in [0.29, 0.717) is 6.54 Å². The molecule has 0 saturated heterocycles. The number of hydrogen-bond acceptors (Lipinski definition) is 3. The van der Waals surface area contributed by atoms with Gasteiger partial charge in [0.15, 0.2) is 0 Å². The molecule has 0 heterocycles. The van der Waals surface area contributed by atoms with Crippen LogP contribution in [0.5, 0.6) is 0 Å². The maximum Gasteiger partial charge on any atom is 0.411 e. The van der Waals surface area contributed by atoms with Gasteiger partial charge < -0.3 is 15.0 Å². The molecule has 102 valence electrons. The average molecular weight is 256 g/mol. The Balaban J connectivity index is 3.65. The Morgan fingerprint density at radius 3 is 2.53 bits per heavy atom. The highest BCUT2D eigenvalue weighted by Gasteiger charge is 2.27. The van der Waals surface area contributed by atoms with Crippen molar-refractivity contribution in [2.24, 2.45) is 0 Å². The molecule has 17 heavy (non-hydrogen) atoms. The molecule has 1 atom stereocenters. The highest BCUT2D eigenvalue weighted by atomic mass is 19.4. The van der Waals surface area contributed by atoms with E-state index >= 15 is 0 Å². The number of nitrogens with zero attached hydrogens (tertiary/aromatic N) is 1. The Morgan fingerprint density at radius 1 is 1.47 bits per heavy atom. The second-order valence-corrected chi connectivity index (χ2v) is 3.70. The monoisotopic (exact) mass is 256 g/mol. The Kier molecular flexibility index (Phi) is 7.13. The summed E-state index contributed by atoms with van der Waals surface area (Å²) in [4.78, 5) is 13.1. The van der Waals surface area contributed by atoms with Crippen molar-refractivity contribution in [3.63, 3.8) is 0 Å². The van der Waals surface area contributed by atoms with Gasteiger partial charge in [-0.15, -0.1) is 0 Å². The third-order valence-corrected chi connectivity index (χ3v) is 2.18. The molecule has 1 N–H and O–H groups in total. The lowest BCUT2D eigenvalue weighted by atomic mass is 10.3. The zero-order valence-electron chi connectivity index (χ0n) is 10.3. The summed E-state index contributed by atoms with van der Waals surface area (Å²) in [5.41, 5.74) is 0. The van der Waals surface area contributed by atoms with Crippen LogP contribution in [0.3, 0.4) is 0 Å². The van der Waals surface area contributed by atoms with Crippen LogP contribution >= 0.6 is 0 Å². The molecule has 7 heteroatoms. The first-order valence-electron chi connectivity index (χ1n) is 5.40. The van der Waals surface area contributed by atoms with Gasteiger partial charge in [-0.1, -0.05) is 0 Å². The predicted octanol–water partition coefficient (Wildman–Crippen LogP) is 1.02. The largest absolute Gasteiger partial charge is 0.411 e. The van der Waals surface area contributed by atoms with E-state index in [4.69, 9.17) is 0 Å². The minimum atomic E-state index is -4.30. The quantitative estimate of drug-likeness (QED) is 0.691. The van der Waals surface area contributed by atoms with Crippen molar-refractivity contribution >= 4 is 5.91 Å². The maximum atomic E-state index is 11.7. The molecule has 0 bridgehead atoms. The van der Waals surface area contributed by atoms with Gasteiger partial charge in [0.05, 0.1) is 12.6 Å². The fourth-order valence-corrected chi connectivity index (χ4v) is 1.11. The predicted molar refractivity (Wildman–Crippen MR) is 57.6 cm³/mol. The Hall–Kier alpha value is -0.820. The minimum absolute atomic E-state index is 0.0764. The Bertz CT molecular complexity index is 234. The van der Waals surface area contributed by atoms with Crippen LogP contribution in [-0.2, 0) is 9.53 Å². The summed E-state index contributed by atoms with van der Waals surface area (Å²) in [6.07, 6.45) is -4.30. The van der Waals surface area contributed by atoms with Gasteiger partial charge in [0.1, 0.15) is 6.61 Å². The second-order valence-electron chi connectivity index (χ2n) is 3.70. The van der Waals surface area contributed by atoms with E-state index in [1.165, 1.54) is 4.90 Å². The van der Waals surface area contributed by atoms with Crippen molar-refractivity contribution in [2.45, 2.75) is 26.1 Å². The third kappa shape index (κ3) is 7.98. The highest BCUT2D eigenvalue weighted by Crippen LogP contribution is 2.13. The number of nitrogens with one attached hydrogen (secondary N) is 1. The molecular formula is C10H19F3N2O2. The van der Waals surface area contributed by atoms with Crippen LogP contribution in [0.15, 0.2) is 0 Å². The molecule has 0 aromatic rings. The topological polar surface area (TPSA) is 41.6 Å². The van der Waals surface area contributed by atoms with Crippen molar-refractivity contribution in [1.29, 1.82) is 0 Å². The van der Waals surface area contributed by atoms with Crippen molar-refractivity contribution < 1.29 is 22.7 Å². The fourth-order valence-electron chi connectivity index (χ4n) is 1.11. The Morgan fingerprint density at radius 2 is 2.06 bits per heavy atom. The smallest absolute Gasteiger partial charge is 0.371 e. The van der Waals surface area contributed by atoms with Gasteiger partial charge in [0.25, 0.3) is 0 Å². The standard InChI is InChI=1S/C10H19F3N2O2/c1-4-15(3)9(16)8(2)14-5-6-17-7-10(11,12)13/h8,14H,4-7H2,1-3H3. The van der Waals surface area contributed by atoms with Gasteiger partial charge in [-0.05, 0) is 13.8 Å². The van der Waals surface area contributed by atoms with Crippen molar-refractivity contribution in [3.8, 4) is 0 Å². The van der Waals surface area contributed by atoms with Crippen molar-refractivity contribution in [2.75, 3.05) is 33.4 Å². The molecular weight excluding hydrogens is 237 g/mol. The normalized spacial score (nSPS) is 13.5. The molecule has 0 saturated carbocycles. The lowest BCUT2D eigenvalue weighted by Gasteiger charge is -2.20. The van der Waals surface area contributed by atoms with Crippen molar-refractivity contribution in [3.05, 3.63) is 0 Å². The fraction of sp³-hybridized carbons (Fsp3) is 0.900. The molecule has 0 radical (unpaired) electrons. The molecule has 4 nitrogen and oxygen atoms in total. The molecule has 0 spiro atoms. The van der Waals surface area contributed by atoms with Gasteiger partial charge in [0, 0.05) is 20.1 Å². The van der Waals surface area contributed by atoms with E-state index in [2.05, 4.69) is 10.1 Å². The van der Waals surface area contributed by atoms with Crippen LogP contribution in [0.1, 0.15) is 13.8 Å². The van der Waals surface area contributed by atoms with Gasteiger partial charge in [-0.2, -0.15) is 13.2 Å². The molecule has 1 unspecified atom stereocenters. The van der Waals surface area contributed by atoms with E-state index in [9.17, 15) is 18.0 Å². The lowest BCUT2D eigenvalue weighted by Crippen LogP contribution is -2.44. The van der Waals surface area contributed by atoms with Gasteiger partial charge in [0.2, 0.25) is 5.91 Å². The summed E-state index contributed by atoms with van der Waals surface area (Å²) in [5.74, 6) is -0.0941. The van der Waals surface area contributed by atoms with Gasteiger partial charge in [-0.25, -0.2) is 0 Å². The summed E-state index contributed by atoms with van der Waals surface area (Å²) in [6.45, 7) is 2.98. The van der Waals surface area contributed by atoms with Crippen LogP contribution in [-0.4, -0.2) is 56.4 Å². The zero-order valence-corrected chi connectivity index (χ0v) is 10.3. The number of carbonyl (C=O) groups excluding carboxylic acids is 1. The van der Waals surface area contributed by atoms with Crippen LogP contribution in [0.25, 0.3) is 0 Å². The number of halogens is 3. The van der Waals surface area contributed by atoms with E-state index in [1.54, 1.807) is 14.0 Å². The summed E-state index contributed by atoms with van der Waals surface area (Å²) < 4.78 is 39.5. The number of ether oxygens (including phenoxy) is 1. The molecule has 0 fully saturated rings. The number of rotatable bonds is 7. The first kappa shape index (κ1) is 16.2. The molecule has 0 rings (SSSR count). The first-order valence-corrected chi connectivity index (χ1v) is 5.40. The van der Waals surface area contributed by atoms with Crippen LogP contribution < -0.4 is 5.32 Å².